The fourth-order valence-electron chi connectivity index (χ4n) is 2.90. The van der Waals surface area contributed by atoms with Crippen LogP contribution in [0, 0.1) is 5.92 Å². The SMILES string of the molecule is CNC(CN1CCC(C)C1)c1ccc(OC)cc1OC. The van der Waals surface area contributed by atoms with E-state index in [2.05, 4.69) is 23.2 Å². The van der Waals surface area contributed by atoms with Gasteiger partial charge < -0.3 is 19.7 Å². The quantitative estimate of drug-likeness (QED) is 0.866. The highest BCUT2D eigenvalue weighted by Crippen LogP contribution is 2.30. The topological polar surface area (TPSA) is 33.7 Å². The number of benzene rings is 1. The summed E-state index contributed by atoms with van der Waals surface area (Å²) in [5, 5.41) is 3.41. The Morgan fingerprint density at radius 3 is 2.70 bits per heavy atom. The van der Waals surface area contributed by atoms with E-state index in [0.717, 1.165) is 24.0 Å². The minimum atomic E-state index is 0.279. The van der Waals surface area contributed by atoms with Crippen molar-refractivity contribution in [3.63, 3.8) is 0 Å². The van der Waals surface area contributed by atoms with Crippen LogP contribution in [0.2, 0.25) is 0 Å². The zero-order valence-corrected chi connectivity index (χ0v) is 13.0. The lowest BCUT2D eigenvalue weighted by Crippen LogP contribution is -2.32. The van der Waals surface area contributed by atoms with Gasteiger partial charge in [-0.05, 0) is 32.0 Å². The average Bonchev–Trinajstić information content (AvgIpc) is 2.89. The highest BCUT2D eigenvalue weighted by Gasteiger charge is 2.23. The second-order valence-corrected chi connectivity index (χ2v) is 5.60. The molecular weight excluding hydrogens is 252 g/mol. The molecule has 1 N–H and O–H groups in total. The Balaban J connectivity index is 2.14. The van der Waals surface area contributed by atoms with Gasteiger partial charge in [-0.1, -0.05) is 13.0 Å². The number of nitrogens with one attached hydrogen (secondary N) is 1. The van der Waals surface area contributed by atoms with Crippen LogP contribution in [0.3, 0.4) is 0 Å². The van der Waals surface area contributed by atoms with Crippen LogP contribution in [-0.2, 0) is 0 Å². The first kappa shape index (κ1) is 15.1. The minimum absolute atomic E-state index is 0.279. The van der Waals surface area contributed by atoms with Crippen LogP contribution in [0.25, 0.3) is 0 Å². The van der Waals surface area contributed by atoms with Gasteiger partial charge in [0.05, 0.1) is 14.2 Å². The molecule has 0 radical (unpaired) electrons. The number of hydrogen-bond donors (Lipinski definition) is 1. The summed E-state index contributed by atoms with van der Waals surface area (Å²) in [7, 11) is 5.40. The summed E-state index contributed by atoms with van der Waals surface area (Å²) in [6.45, 7) is 5.72. The van der Waals surface area contributed by atoms with Gasteiger partial charge in [0, 0.05) is 30.8 Å². The fraction of sp³-hybridized carbons (Fsp3) is 0.625. The van der Waals surface area contributed by atoms with Crippen molar-refractivity contribution < 1.29 is 9.47 Å². The number of ether oxygens (including phenoxy) is 2. The van der Waals surface area contributed by atoms with Crippen molar-refractivity contribution in [2.24, 2.45) is 5.92 Å². The lowest BCUT2D eigenvalue weighted by Gasteiger charge is -2.25. The highest BCUT2D eigenvalue weighted by molar-refractivity contribution is 5.42. The molecule has 0 amide bonds. The lowest BCUT2D eigenvalue weighted by molar-refractivity contribution is 0.286. The minimum Gasteiger partial charge on any atom is -0.497 e. The predicted molar refractivity (Wildman–Crippen MR) is 81.6 cm³/mol. The van der Waals surface area contributed by atoms with Crippen molar-refractivity contribution in [3.8, 4) is 11.5 Å². The molecule has 1 fully saturated rings. The summed E-state index contributed by atoms with van der Waals surface area (Å²) in [6.07, 6.45) is 1.30. The molecule has 4 heteroatoms. The fourth-order valence-corrected chi connectivity index (χ4v) is 2.90. The van der Waals surface area contributed by atoms with E-state index in [1.54, 1.807) is 14.2 Å². The molecule has 112 valence electrons. The second kappa shape index (κ2) is 6.95. The van der Waals surface area contributed by atoms with Gasteiger partial charge in [-0.25, -0.2) is 0 Å². The molecule has 20 heavy (non-hydrogen) atoms. The van der Waals surface area contributed by atoms with E-state index < -0.39 is 0 Å². The van der Waals surface area contributed by atoms with Crippen molar-refractivity contribution >= 4 is 0 Å². The zero-order valence-electron chi connectivity index (χ0n) is 13.0. The Bertz CT molecular complexity index is 436. The van der Waals surface area contributed by atoms with Crippen LogP contribution < -0.4 is 14.8 Å². The van der Waals surface area contributed by atoms with Crippen LogP contribution in [0.4, 0.5) is 0 Å². The molecule has 2 rings (SSSR count). The van der Waals surface area contributed by atoms with E-state index in [9.17, 15) is 0 Å². The van der Waals surface area contributed by atoms with E-state index in [1.165, 1.54) is 25.1 Å². The summed E-state index contributed by atoms with van der Waals surface area (Å²) in [6, 6.07) is 6.32. The van der Waals surface area contributed by atoms with E-state index in [4.69, 9.17) is 9.47 Å². The molecule has 4 nitrogen and oxygen atoms in total. The number of nitrogens with zero attached hydrogens (tertiary/aromatic N) is 1. The van der Waals surface area contributed by atoms with Crippen molar-refractivity contribution in [1.29, 1.82) is 0 Å². The maximum absolute atomic E-state index is 5.52. The van der Waals surface area contributed by atoms with Gasteiger partial charge in [0.15, 0.2) is 0 Å². The molecule has 1 heterocycles. The summed E-state index contributed by atoms with van der Waals surface area (Å²) >= 11 is 0. The molecule has 0 spiro atoms. The molecule has 2 atom stereocenters. The van der Waals surface area contributed by atoms with Crippen LogP contribution in [0.1, 0.15) is 24.9 Å². The third kappa shape index (κ3) is 3.44. The van der Waals surface area contributed by atoms with Gasteiger partial charge in [0.25, 0.3) is 0 Å². The maximum Gasteiger partial charge on any atom is 0.127 e. The molecule has 0 aliphatic carbocycles. The van der Waals surface area contributed by atoms with Gasteiger partial charge in [-0.2, -0.15) is 0 Å². The zero-order chi connectivity index (χ0) is 14.5. The smallest absolute Gasteiger partial charge is 0.127 e. The Morgan fingerprint density at radius 2 is 2.15 bits per heavy atom. The normalized spacial score (nSPS) is 20.9. The molecule has 1 aliphatic rings. The van der Waals surface area contributed by atoms with Crippen LogP contribution in [-0.4, -0.2) is 45.8 Å². The van der Waals surface area contributed by atoms with Gasteiger partial charge in [-0.3, -0.25) is 0 Å². The molecule has 0 aromatic heterocycles. The monoisotopic (exact) mass is 278 g/mol. The van der Waals surface area contributed by atoms with E-state index in [0.29, 0.717) is 0 Å². The molecular formula is C16H26N2O2. The Hall–Kier alpha value is -1.26. The maximum atomic E-state index is 5.52. The number of likely N-dealkylation sites (N-methyl/N-ethyl adjacent to an activating group) is 1. The standard InChI is InChI=1S/C16H26N2O2/c1-12-7-8-18(10-12)11-15(17-2)14-6-5-13(19-3)9-16(14)20-4/h5-6,9,12,15,17H,7-8,10-11H2,1-4H3. The van der Waals surface area contributed by atoms with Gasteiger partial charge in [0.1, 0.15) is 11.5 Å². The molecule has 0 saturated carbocycles. The average molecular weight is 278 g/mol. The Labute approximate surface area is 122 Å². The summed E-state index contributed by atoms with van der Waals surface area (Å²) in [5.41, 5.74) is 1.19. The van der Waals surface area contributed by atoms with E-state index in [-0.39, 0.29) is 6.04 Å². The van der Waals surface area contributed by atoms with E-state index >= 15 is 0 Å². The lowest BCUT2D eigenvalue weighted by atomic mass is 10.0. The summed E-state index contributed by atoms with van der Waals surface area (Å²) in [5.74, 6) is 2.52. The number of methoxy groups -OCH3 is 2. The van der Waals surface area contributed by atoms with Crippen molar-refractivity contribution in [2.75, 3.05) is 40.9 Å². The molecule has 1 aromatic rings. The van der Waals surface area contributed by atoms with Crippen molar-refractivity contribution in [1.82, 2.24) is 10.2 Å². The van der Waals surface area contributed by atoms with Gasteiger partial charge >= 0.3 is 0 Å². The van der Waals surface area contributed by atoms with Crippen molar-refractivity contribution in [2.45, 2.75) is 19.4 Å². The largest absolute Gasteiger partial charge is 0.497 e. The number of likely N-dealkylation sites (tertiary alicyclic amines) is 1. The summed E-state index contributed by atoms with van der Waals surface area (Å²) < 4.78 is 10.8. The van der Waals surface area contributed by atoms with Crippen LogP contribution >= 0.6 is 0 Å². The third-order valence-electron chi connectivity index (χ3n) is 4.11. The van der Waals surface area contributed by atoms with Crippen molar-refractivity contribution in [3.05, 3.63) is 23.8 Å². The Kier molecular flexibility index (Phi) is 5.26. The first-order valence-electron chi connectivity index (χ1n) is 7.29. The number of hydrogen-bond acceptors (Lipinski definition) is 4. The predicted octanol–water partition coefficient (Wildman–Crippen LogP) is 2.31. The second-order valence-electron chi connectivity index (χ2n) is 5.60. The van der Waals surface area contributed by atoms with Gasteiger partial charge in [0.2, 0.25) is 0 Å². The Morgan fingerprint density at radius 1 is 1.35 bits per heavy atom. The molecule has 1 aromatic carbocycles. The summed E-state index contributed by atoms with van der Waals surface area (Å²) in [4.78, 5) is 2.52. The first-order valence-corrected chi connectivity index (χ1v) is 7.29. The third-order valence-corrected chi connectivity index (χ3v) is 4.11. The van der Waals surface area contributed by atoms with E-state index in [1.807, 2.05) is 19.2 Å². The first-order chi connectivity index (χ1) is 9.67. The molecule has 1 saturated heterocycles. The highest BCUT2D eigenvalue weighted by atomic mass is 16.5. The molecule has 0 bridgehead atoms. The van der Waals surface area contributed by atoms with Gasteiger partial charge in [-0.15, -0.1) is 0 Å². The molecule has 1 aliphatic heterocycles. The molecule has 2 unspecified atom stereocenters. The number of rotatable bonds is 6. The van der Waals surface area contributed by atoms with Crippen LogP contribution in [0.15, 0.2) is 18.2 Å². The van der Waals surface area contributed by atoms with Crippen LogP contribution in [0.5, 0.6) is 11.5 Å².